The summed E-state index contributed by atoms with van der Waals surface area (Å²) in [6, 6.07) is 14.6. The SMILES string of the molecule is COc1ccc(C(=O)C(C)c2ccc(CO)cc2)cc1. The molecule has 0 aromatic heterocycles. The second kappa shape index (κ2) is 6.35. The zero-order valence-electron chi connectivity index (χ0n) is 11.7. The van der Waals surface area contributed by atoms with Gasteiger partial charge in [0.2, 0.25) is 0 Å². The fourth-order valence-electron chi connectivity index (χ4n) is 2.07. The third-order valence-electron chi connectivity index (χ3n) is 3.43. The van der Waals surface area contributed by atoms with E-state index in [1.165, 1.54) is 0 Å². The summed E-state index contributed by atoms with van der Waals surface area (Å²) in [5.41, 5.74) is 2.46. The molecule has 0 spiro atoms. The summed E-state index contributed by atoms with van der Waals surface area (Å²) >= 11 is 0. The molecule has 0 radical (unpaired) electrons. The van der Waals surface area contributed by atoms with Crippen molar-refractivity contribution >= 4 is 5.78 Å². The van der Waals surface area contributed by atoms with Gasteiger partial charge in [0.1, 0.15) is 5.75 Å². The van der Waals surface area contributed by atoms with Gasteiger partial charge in [-0.2, -0.15) is 0 Å². The Morgan fingerprint density at radius 1 is 1.10 bits per heavy atom. The lowest BCUT2D eigenvalue weighted by Gasteiger charge is -2.12. The van der Waals surface area contributed by atoms with Gasteiger partial charge in [-0.3, -0.25) is 4.79 Å². The van der Waals surface area contributed by atoms with Crippen LogP contribution in [0.2, 0.25) is 0 Å². The molecule has 0 amide bonds. The van der Waals surface area contributed by atoms with E-state index in [1.54, 1.807) is 31.4 Å². The number of methoxy groups -OCH3 is 1. The van der Waals surface area contributed by atoms with Gasteiger partial charge in [-0.25, -0.2) is 0 Å². The minimum Gasteiger partial charge on any atom is -0.497 e. The average Bonchev–Trinajstić information content (AvgIpc) is 2.53. The maximum atomic E-state index is 12.4. The van der Waals surface area contributed by atoms with E-state index in [0.717, 1.165) is 16.9 Å². The number of rotatable bonds is 5. The molecular formula is C17H18O3. The highest BCUT2D eigenvalue weighted by Crippen LogP contribution is 2.22. The van der Waals surface area contributed by atoms with Crippen molar-refractivity contribution in [2.45, 2.75) is 19.4 Å². The number of aliphatic hydroxyl groups is 1. The molecule has 0 heterocycles. The highest BCUT2D eigenvalue weighted by Gasteiger charge is 2.17. The fourth-order valence-corrected chi connectivity index (χ4v) is 2.07. The van der Waals surface area contributed by atoms with Crippen molar-refractivity contribution in [3.8, 4) is 5.75 Å². The molecule has 104 valence electrons. The zero-order valence-corrected chi connectivity index (χ0v) is 11.7. The first kappa shape index (κ1) is 14.3. The van der Waals surface area contributed by atoms with Crippen molar-refractivity contribution in [1.82, 2.24) is 0 Å². The number of ketones is 1. The molecule has 2 rings (SSSR count). The molecule has 0 fully saturated rings. The number of benzene rings is 2. The van der Waals surface area contributed by atoms with Gasteiger partial charge in [0.15, 0.2) is 5.78 Å². The number of hydrogen-bond donors (Lipinski definition) is 1. The summed E-state index contributed by atoms with van der Waals surface area (Å²) < 4.78 is 5.08. The Kier molecular flexibility index (Phi) is 4.53. The lowest BCUT2D eigenvalue weighted by Crippen LogP contribution is -2.09. The molecule has 1 N–H and O–H groups in total. The lowest BCUT2D eigenvalue weighted by atomic mass is 9.92. The average molecular weight is 270 g/mol. The minimum absolute atomic E-state index is 0.0150. The Labute approximate surface area is 118 Å². The van der Waals surface area contributed by atoms with Crippen LogP contribution >= 0.6 is 0 Å². The molecule has 1 unspecified atom stereocenters. The Morgan fingerprint density at radius 2 is 1.70 bits per heavy atom. The first-order valence-corrected chi connectivity index (χ1v) is 6.53. The largest absolute Gasteiger partial charge is 0.497 e. The van der Waals surface area contributed by atoms with E-state index >= 15 is 0 Å². The van der Waals surface area contributed by atoms with Crippen LogP contribution in [0.25, 0.3) is 0 Å². The van der Waals surface area contributed by atoms with Gasteiger partial charge < -0.3 is 9.84 Å². The van der Waals surface area contributed by atoms with Crippen LogP contribution in [-0.2, 0) is 6.61 Å². The van der Waals surface area contributed by atoms with Gasteiger partial charge in [0.25, 0.3) is 0 Å². The molecule has 0 aliphatic rings. The minimum atomic E-state index is -0.212. The summed E-state index contributed by atoms with van der Waals surface area (Å²) in [5, 5.41) is 9.02. The van der Waals surface area contributed by atoms with Crippen LogP contribution in [0, 0.1) is 0 Å². The van der Waals surface area contributed by atoms with E-state index in [1.807, 2.05) is 31.2 Å². The summed E-state index contributed by atoms with van der Waals surface area (Å²) in [7, 11) is 1.60. The summed E-state index contributed by atoms with van der Waals surface area (Å²) in [5.74, 6) is 0.599. The number of hydrogen-bond acceptors (Lipinski definition) is 3. The Morgan fingerprint density at radius 3 is 2.20 bits per heavy atom. The number of aliphatic hydroxyl groups excluding tert-OH is 1. The molecule has 0 aliphatic carbocycles. The normalized spacial score (nSPS) is 11.9. The summed E-state index contributed by atoms with van der Waals surface area (Å²) in [6.07, 6.45) is 0. The van der Waals surface area contributed by atoms with Gasteiger partial charge in [-0.1, -0.05) is 31.2 Å². The van der Waals surface area contributed by atoms with Crippen molar-refractivity contribution in [2.75, 3.05) is 7.11 Å². The van der Waals surface area contributed by atoms with Crippen molar-refractivity contribution in [3.63, 3.8) is 0 Å². The molecule has 0 aliphatic heterocycles. The predicted molar refractivity (Wildman–Crippen MR) is 78.1 cm³/mol. The second-order valence-electron chi connectivity index (χ2n) is 4.71. The monoisotopic (exact) mass is 270 g/mol. The van der Waals surface area contributed by atoms with Crippen molar-refractivity contribution in [1.29, 1.82) is 0 Å². The van der Waals surface area contributed by atoms with Crippen molar-refractivity contribution in [2.24, 2.45) is 0 Å². The third-order valence-corrected chi connectivity index (χ3v) is 3.43. The van der Waals surface area contributed by atoms with Gasteiger partial charge in [0, 0.05) is 11.5 Å². The van der Waals surface area contributed by atoms with Crippen LogP contribution in [0.1, 0.15) is 34.3 Å². The van der Waals surface area contributed by atoms with Crippen molar-refractivity contribution in [3.05, 3.63) is 65.2 Å². The molecule has 0 bridgehead atoms. The Balaban J connectivity index is 2.17. The predicted octanol–water partition coefficient (Wildman–Crippen LogP) is 3.17. The summed E-state index contributed by atoms with van der Waals surface area (Å²) in [6.45, 7) is 1.90. The van der Waals surface area contributed by atoms with Crippen LogP contribution < -0.4 is 4.74 Å². The van der Waals surface area contributed by atoms with Crippen LogP contribution in [0.3, 0.4) is 0 Å². The third kappa shape index (κ3) is 3.06. The molecule has 20 heavy (non-hydrogen) atoms. The number of ether oxygens (including phenoxy) is 1. The molecular weight excluding hydrogens is 252 g/mol. The topological polar surface area (TPSA) is 46.5 Å². The summed E-state index contributed by atoms with van der Waals surface area (Å²) in [4.78, 5) is 12.4. The Bertz CT molecular complexity index is 570. The maximum absolute atomic E-state index is 12.4. The van der Waals surface area contributed by atoms with E-state index < -0.39 is 0 Å². The molecule has 0 saturated carbocycles. The number of carbonyl (C=O) groups is 1. The van der Waals surface area contributed by atoms with Gasteiger partial charge in [-0.05, 0) is 35.4 Å². The van der Waals surface area contributed by atoms with Crippen LogP contribution in [0.5, 0.6) is 5.75 Å². The number of carbonyl (C=O) groups excluding carboxylic acids is 1. The van der Waals surface area contributed by atoms with Gasteiger partial charge in [0.05, 0.1) is 13.7 Å². The van der Waals surface area contributed by atoms with E-state index in [0.29, 0.717) is 5.56 Å². The highest BCUT2D eigenvalue weighted by molar-refractivity contribution is 6.00. The molecule has 1 atom stereocenters. The molecule has 2 aromatic rings. The highest BCUT2D eigenvalue weighted by atomic mass is 16.5. The smallest absolute Gasteiger partial charge is 0.170 e. The quantitative estimate of drug-likeness (QED) is 0.849. The Hall–Kier alpha value is -2.13. The molecule has 0 saturated heterocycles. The first-order valence-electron chi connectivity index (χ1n) is 6.53. The second-order valence-corrected chi connectivity index (χ2v) is 4.71. The van der Waals surface area contributed by atoms with Gasteiger partial charge >= 0.3 is 0 Å². The van der Waals surface area contributed by atoms with Crippen LogP contribution in [-0.4, -0.2) is 18.0 Å². The fraction of sp³-hybridized carbons (Fsp3) is 0.235. The van der Waals surface area contributed by atoms with Gasteiger partial charge in [-0.15, -0.1) is 0 Å². The van der Waals surface area contributed by atoms with E-state index in [9.17, 15) is 4.79 Å². The molecule has 2 aromatic carbocycles. The van der Waals surface area contributed by atoms with Crippen LogP contribution in [0.4, 0.5) is 0 Å². The standard InChI is InChI=1S/C17H18O3/c1-12(14-5-3-13(11-18)4-6-14)17(19)15-7-9-16(20-2)10-8-15/h3-10,12,18H,11H2,1-2H3. The molecule has 3 heteroatoms. The van der Waals surface area contributed by atoms with E-state index in [-0.39, 0.29) is 18.3 Å². The maximum Gasteiger partial charge on any atom is 0.170 e. The first-order chi connectivity index (χ1) is 9.65. The van der Waals surface area contributed by atoms with Crippen LogP contribution in [0.15, 0.2) is 48.5 Å². The van der Waals surface area contributed by atoms with E-state index in [4.69, 9.17) is 9.84 Å². The zero-order chi connectivity index (χ0) is 14.5. The van der Waals surface area contributed by atoms with E-state index in [2.05, 4.69) is 0 Å². The van der Waals surface area contributed by atoms with Crippen molar-refractivity contribution < 1.29 is 14.6 Å². The lowest BCUT2D eigenvalue weighted by molar-refractivity contribution is 0.0966. The molecule has 3 nitrogen and oxygen atoms in total. The number of Topliss-reactive ketones (excluding diaryl/α,β-unsaturated/α-hetero) is 1.